The molecule has 0 bridgehead atoms. The summed E-state index contributed by atoms with van der Waals surface area (Å²) in [6.07, 6.45) is 2.95. The summed E-state index contributed by atoms with van der Waals surface area (Å²) in [6, 6.07) is 8.62. The van der Waals surface area contributed by atoms with Crippen LogP contribution in [0.5, 0.6) is 5.88 Å². The molecule has 4 rings (SSSR count). The fourth-order valence-corrected chi connectivity index (χ4v) is 3.66. The summed E-state index contributed by atoms with van der Waals surface area (Å²) in [5.41, 5.74) is 2.52. The van der Waals surface area contributed by atoms with E-state index >= 15 is 0 Å². The number of aromatic nitrogens is 3. The van der Waals surface area contributed by atoms with Gasteiger partial charge < -0.3 is 24.0 Å². The zero-order chi connectivity index (χ0) is 22.0. The maximum atomic E-state index is 13.2. The molecule has 4 heterocycles. The maximum absolute atomic E-state index is 13.2. The minimum absolute atomic E-state index is 0.219. The SMILES string of the molecule is COc1ccc(C2Cn3c(C#N)ccc3C(=O)N2CCNC(=O)c2conc2C)cn1. The highest BCUT2D eigenvalue weighted by atomic mass is 16.5. The molecular formula is C21H20N6O4. The van der Waals surface area contributed by atoms with E-state index in [0.29, 0.717) is 35.1 Å². The van der Waals surface area contributed by atoms with E-state index in [2.05, 4.69) is 21.5 Å². The molecule has 1 unspecified atom stereocenters. The number of hydrogen-bond acceptors (Lipinski definition) is 7. The van der Waals surface area contributed by atoms with Gasteiger partial charge in [0, 0.05) is 31.9 Å². The van der Waals surface area contributed by atoms with Gasteiger partial charge in [0.15, 0.2) is 0 Å². The van der Waals surface area contributed by atoms with Gasteiger partial charge in [0.05, 0.1) is 18.8 Å². The van der Waals surface area contributed by atoms with Crippen molar-refractivity contribution < 1.29 is 18.8 Å². The summed E-state index contributed by atoms with van der Waals surface area (Å²) in [4.78, 5) is 31.5. The number of methoxy groups -OCH3 is 1. The topological polar surface area (TPSA) is 126 Å². The van der Waals surface area contributed by atoms with Crippen LogP contribution >= 0.6 is 0 Å². The van der Waals surface area contributed by atoms with E-state index in [9.17, 15) is 14.9 Å². The highest BCUT2D eigenvalue weighted by molar-refractivity contribution is 5.95. The van der Waals surface area contributed by atoms with Gasteiger partial charge in [-0.3, -0.25) is 9.59 Å². The monoisotopic (exact) mass is 420 g/mol. The van der Waals surface area contributed by atoms with Gasteiger partial charge in [-0.2, -0.15) is 5.26 Å². The van der Waals surface area contributed by atoms with Gasteiger partial charge in [0.25, 0.3) is 11.8 Å². The number of carbonyl (C=O) groups is 2. The number of rotatable bonds is 6. The molecule has 0 spiro atoms. The van der Waals surface area contributed by atoms with Crippen molar-refractivity contribution in [3.63, 3.8) is 0 Å². The molecule has 1 aliphatic rings. The lowest BCUT2D eigenvalue weighted by Crippen LogP contribution is -2.46. The fourth-order valence-electron chi connectivity index (χ4n) is 3.66. The van der Waals surface area contributed by atoms with Crippen molar-refractivity contribution in [2.24, 2.45) is 0 Å². The average molecular weight is 420 g/mol. The van der Waals surface area contributed by atoms with E-state index in [0.717, 1.165) is 5.56 Å². The van der Waals surface area contributed by atoms with Crippen LogP contribution in [0.15, 0.2) is 41.2 Å². The second-order valence-corrected chi connectivity index (χ2v) is 7.04. The third kappa shape index (κ3) is 3.73. The molecule has 1 atom stereocenters. The quantitative estimate of drug-likeness (QED) is 0.643. The van der Waals surface area contributed by atoms with Crippen molar-refractivity contribution in [3.8, 4) is 11.9 Å². The van der Waals surface area contributed by atoms with Crippen molar-refractivity contribution in [2.45, 2.75) is 19.5 Å². The molecule has 3 aromatic rings. The van der Waals surface area contributed by atoms with Crippen LogP contribution in [0.4, 0.5) is 0 Å². The molecule has 158 valence electrons. The number of nitriles is 1. The minimum Gasteiger partial charge on any atom is -0.481 e. The highest BCUT2D eigenvalue weighted by Crippen LogP contribution is 2.31. The van der Waals surface area contributed by atoms with Crippen molar-refractivity contribution in [1.29, 1.82) is 5.26 Å². The normalized spacial score (nSPS) is 15.3. The molecule has 1 aliphatic heterocycles. The molecule has 2 amide bonds. The Hall–Kier alpha value is -4.13. The standard InChI is InChI=1S/C21H20N6O4/c1-13-16(12-31-25-13)20(28)23-7-8-26-18(14-3-6-19(30-2)24-10-14)11-27-15(9-22)4-5-17(27)21(26)29/h3-6,10,12,18H,7-8,11H2,1-2H3,(H,23,28). The number of hydrogen-bond donors (Lipinski definition) is 1. The second-order valence-electron chi connectivity index (χ2n) is 7.04. The summed E-state index contributed by atoms with van der Waals surface area (Å²) in [5, 5.41) is 15.9. The Kier molecular flexibility index (Phi) is 5.41. The van der Waals surface area contributed by atoms with Crippen molar-refractivity contribution in [3.05, 3.63) is 64.9 Å². The van der Waals surface area contributed by atoms with E-state index in [1.807, 2.05) is 6.07 Å². The lowest BCUT2D eigenvalue weighted by molar-refractivity contribution is 0.0587. The van der Waals surface area contributed by atoms with Crippen molar-refractivity contribution in [1.82, 2.24) is 24.9 Å². The molecule has 10 nitrogen and oxygen atoms in total. The van der Waals surface area contributed by atoms with Gasteiger partial charge in [-0.1, -0.05) is 5.16 Å². The number of nitrogens with zero attached hydrogens (tertiary/aromatic N) is 5. The number of amides is 2. The molecule has 1 N–H and O–H groups in total. The van der Waals surface area contributed by atoms with Gasteiger partial charge in [-0.15, -0.1) is 0 Å². The largest absolute Gasteiger partial charge is 0.481 e. The van der Waals surface area contributed by atoms with E-state index in [1.165, 1.54) is 13.4 Å². The number of nitrogens with one attached hydrogen (secondary N) is 1. The zero-order valence-electron chi connectivity index (χ0n) is 17.0. The fraction of sp³-hybridized carbons (Fsp3) is 0.286. The van der Waals surface area contributed by atoms with Gasteiger partial charge in [-0.25, -0.2) is 4.98 Å². The highest BCUT2D eigenvalue weighted by Gasteiger charge is 2.34. The van der Waals surface area contributed by atoms with Crippen molar-refractivity contribution in [2.75, 3.05) is 20.2 Å². The lowest BCUT2D eigenvalue weighted by atomic mass is 10.0. The van der Waals surface area contributed by atoms with Gasteiger partial charge in [0.1, 0.15) is 29.3 Å². The summed E-state index contributed by atoms with van der Waals surface area (Å²) in [7, 11) is 1.53. The average Bonchev–Trinajstić information content (AvgIpc) is 3.41. The van der Waals surface area contributed by atoms with Crippen LogP contribution in [0, 0.1) is 18.3 Å². The molecular weight excluding hydrogens is 400 g/mol. The molecule has 31 heavy (non-hydrogen) atoms. The summed E-state index contributed by atoms with van der Waals surface area (Å²) < 4.78 is 11.6. The smallest absolute Gasteiger partial charge is 0.271 e. The first kappa shape index (κ1) is 20.2. The molecule has 0 radical (unpaired) electrons. The molecule has 3 aromatic heterocycles. The first-order chi connectivity index (χ1) is 15.0. The molecule has 10 heteroatoms. The van der Waals surface area contributed by atoms with E-state index < -0.39 is 0 Å². The second kappa shape index (κ2) is 8.31. The summed E-state index contributed by atoms with van der Waals surface area (Å²) in [6.45, 7) is 2.60. The van der Waals surface area contributed by atoms with Gasteiger partial charge in [0.2, 0.25) is 5.88 Å². The lowest BCUT2D eigenvalue weighted by Gasteiger charge is -2.37. The van der Waals surface area contributed by atoms with Crippen molar-refractivity contribution >= 4 is 11.8 Å². The van der Waals surface area contributed by atoms with Crippen LogP contribution < -0.4 is 10.1 Å². The minimum atomic E-state index is -0.355. The molecule has 0 saturated heterocycles. The van der Waals surface area contributed by atoms with Crippen LogP contribution in [0.1, 0.15) is 43.8 Å². The third-order valence-corrected chi connectivity index (χ3v) is 5.29. The Morgan fingerprint density at radius 2 is 2.23 bits per heavy atom. The van der Waals surface area contributed by atoms with Gasteiger partial charge >= 0.3 is 0 Å². The van der Waals surface area contributed by atoms with Crippen LogP contribution in [-0.4, -0.2) is 51.6 Å². The number of pyridine rings is 1. The Balaban J connectivity index is 1.57. The Morgan fingerprint density at radius 1 is 1.39 bits per heavy atom. The molecule has 0 aliphatic carbocycles. The van der Waals surface area contributed by atoms with Gasteiger partial charge in [-0.05, 0) is 30.7 Å². The number of aryl methyl sites for hydroxylation is 1. The number of carbonyl (C=O) groups excluding carboxylic acids is 2. The predicted molar refractivity (Wildman–Crippen MR) is 107 cm³/mol. The third-order valence-electron chi connectivity index (χ3n) is 5.29. The number of ether oxygens (including phenoxy) is 1. The number of fused-ring (bicyclic) bond motifs is 1. The first-order valence-electron chi connectivity index (χ1n) is 9.63. The predicted octanol–water partition coefficient (Wildman–Crippen LogP) is 1.69. The van der Waals surface area contributed by atoms with Crippen LogP contribution in [0.3, 0.4) is 0 Å². The Morgan fingerprint density at radius 3 is 2.87 bits per heavy atom. The van der Waals surface area contributed by atoms with E-state index in [-0.39, 0.29) is 30.9 Å². The Labute approximate surface area is 178 Å². The summed E-state index contributed by atoms with van der Waals surface area (Å²) in [5.74, 6) is -0.0712. The summed E-state index contributed by atoms with van der Waals surface area (Å²) >= 11 is 0. The van der Waals surface area contributed by atoms with Crippen LogP contribution in [0.25, 0.3) is 0 Å². The molecule has 0 saturated carbocycles. The van der Waals surface area contributed by atoms with E-state index in [4.69, 9.17) is 9.26 Å². The van der Waals surface area contributed by atoms with Crippen LogP contribution in [-0.2, 0) is 6.54 Å². The zero-order valence-corrected chi connectivity index (χ0v) is 17.0. The first-order valence-corrected chi connectivity index (χ1v) is 9.63. The Bertz CT molecular complexity index is 1160. The van der Waals surface area contributed by atoms with E-state index in [1.54, 1.807) is 40.8 Å². The molecule has 0 aromatic carbocycles. The maximum Gasteiger partial charge on any atom is 0.271 e. The van der Waals surface area contributed by atoms with Crippen LogP contribution in [0.2, 0.25) is 0 Å². The molecule has 0 fully saturated rings.